The third kappa shape index (κ3) is 5.04. The molecule has 4 nitrogen and oxygen atoms in total. The number of amides is 1. The average Bonchev–Trinajstić information content (AvgIpc) is 2.27. The molecule has 0 aliphatic rings. The van der Waals surface area contributed by atoms with Gasteiger partial charge >= 0.3 is 0 Å². The maximum Gasteiger partial charge on any atom is 0.234 e. The molecule has 0 aromatic rings. The largest absolute Gasteiger partial charge is 0.352 e. The molecule has 1 amide bonds. The van der Waals surface area contributed by atoms with Crippen molar-refractivity contribution in [1.29, 1.82) is 0 Å². The summed E-state index contributed by atoms with van der Waals surface area (Å²) in [6.07, 6.45) is 0.938. The number of rotatable bonds is 7. The van der Waals surface area contributed by atoms with Gasteiger partial charge in [-0.3, -0.25) is 9.69 Å². The molecule has 0 saturated heterocycles. The first-order valence-corrected chi connectivity index (χ1v) is 6.47. The molecule has 17 heavy (non-hydrogen) atoms. The minimum atomic E-state index is -0.0988. The molecule has 0 aromatic heterocycles. The highest BCUT2D eigenvalue weighted by atomic mass is 16.2. The summed E-state index contributed by atoms with van der Waals surface area (Å²) >= 11 is 0. The molecule has 0 saturated carbocycles. The van der Waals surface area contributed by atoms with Gasteiger partial charge in [-0.25, -0.2) is 0 Å². The van der Waals surface area contributed by atoms with Crippen LogP contribution in [0.4, 0.5) is 0 Å². The standard InChI is InChI=1S/C13H29N3O/c1-7-13(5,9-14)16(6)8-12(17)15-11(4)10(2)3/h10-11H,7-9,14H2,1-6H3,(H,15,17). The van der Waals surface area contributed by atoms with Gasteiger partial charge in [0.2, 0.25) is 5.91 Å². The Morgan fingerprint density at radius 1 is 1.41 bits per heavy atom. The number of nitrogens with zero attached hydrogens (tertiary/aromatic N) is 1. The van der Waals surface area contributed by atoms with Crippen molar-refractivity contribution in [3.63, 3.8) is 0 Å². The molecule has 0 aliphatic heterocycles. The molecule has 0 aromatic carbocycles. The van der Waals surface area contributed by atoms with Gasteiger partial charge in [-0.1, -0.05) is 20.8 Å². The van der Waals surface area contributed by atoms with Crippen LogP contribution in [0.3, 0.4) is 0 Å². The fraction of sp³-hybridized carbons (Fsp3) is 0.923. The monoisotopic (exact) mass is 243 g/mol. The summed E-state index contributed by atoms with van der Waals surface area (Å²) in [7, 11) is 1.95. The van der Waals surface area contributed by atoms with E-state index in [0.29, 0.717) is 19.0 Å². The van der Waals surface area contributed by atoms with Gasteiger partial charge in [0.25, 0.3) is 0 Å². The van der Waals surface area contributed by atoms with Gasteiger partial charge in [-0.05, 0) is 33.2 Å². The van der Waals surface area contributed by atoms with Crippen molar-refractivity contribution in [2.24, 2.45) is 11.7 Å². The summed E-state index contributed by atoms with van der Waals surface area (Å²) in [6.45, 7) is 11.4. The maximum atomic E-state index is 11.9. The Labute approximate surface area is 106 Å². The number of nitrogens with one attached hydrogen (secondary N) is 1. The highest BCUT2D eigenvalue weighted by molar-refractivity contribution is 5.78. The average molecular weight is 243 g/mol. The summed E-state index contributed by atoms with van der Waals surface area (Å²) in [5.74, 6) is 0.526. The second-order valence-corrected chi connectivity index (χ2v) is 5.51. The van der Waals surface area contributed by atoms with Crippen LogP contribution in [0.5, 0.6) is 0 Å². The van der Waals surface area contributed by atoms with E-state index in [9.17, 15) is 4.79 Å². The lowest BCUT2D eigenvalue weighted by Crippen LogP contribution is -2.53. The molecule has 0 fully saturated rings. The zero-order valence-electron chi connectivity index (χ0n) is 12.2. The van der Waals surface area contributed by atoms with Crippen LogP contribution in [0.1, 0.15) is 41.0 Å². The predicted octanol–water partition coefficient (Wildman–Crippen LogP) is 1.21. The van der Waals surface area contributed by atoms with Gasteiger partial charge in [-0.15, -0.1) is 0 Å². The van der Waals surface area contributed by atoms with Crippen LogP contribution in [0.2, 0.25) is 0 Å². The zero-order valence-corrected chi connectivity index (χ0v) is 12.2. The smallest absolute Gasteiger partial charge is 0.234 e. The molecule has 0 radical (unpaired) electrons. The van der Waals surface area contributed by atoms with E-state index in [1.54, 1.807) is 0 Å². The number of carbonyl (C=O) groups is 1. The van der Waals surface area contributed by atoms with Crippen molar-refractivity contribution in [1.82, 2.24) is 10.2 Å². The fourth-order valence-electron chi connectivity index (χ4n) is 1.44. The number of hydrogen-bond acceptors (Lipinski definition) is 3. The van der Waals surface area contributed by atoms with Crippen molar-refractivity contribution >= 4 is 5.91 Å². The second-order valence-electron chi connectivity index (χ2n) is 5.51. The summed E-state index contributed by atoms with van der Waals surface area (Å²) < 4.78 is 0. The molecule has 0 spiro atoms. The second kappa shape index (κ2) is 6.97. The number of likely N-dealkylation sites (N-methyl/N-ethyl adjacent to an activating group) is 1. The van der Waals surface area contributed by atoms with E-state index in [4.69, 9.17) is 5.73 Å². The highest BCUT2D eigenvalue weighted by Gasteiger charge is 2.27. The van der Waals surface area contributed by atoms with Gasteiger partial charge in [0, 0.05) is 18.1 Å². The first-order chi connectivity index (χ1) is 7.76. The van der Waals surface area contributed by atoms with Gasteiger partial charge in [0.05, 0.1) is 6.54 Å². The Kier molecular flexibility index (Phi) is 6.72. The lowest BCUT2D eigenvalue weighted by molar-refractivity contribution is -0.124. The van der Waals surface area contributed by atoms with E-state index >= 15 is 0 Å². The topological polar surface area (TPSA) is 58.4 Å². The van der Waals surface area contributed by atoms with Crippen LogP contribution in [0, 0.1) is 5.92 Å². The number of carbonyl (C=O) groups excluding carboxylic acids is 1. The van der Waals surface area contributed by atoms with Gasteiger partial charge < -0.3 is 11.1 Å². The van der Waals surface area contributed by atoms with Crippen molar-refractivity contribution in [2.75, 3.05) is 20.1 Å². The van der Waals surface area contributed by atoms with Crippen LogP contribution < -0.4 is 11.1 Å². The van der Waals surface area contributed by atoms with E-state index in [1.165, 1.54) is 0 Å². The van der Waals surface area contributed by atoms with Crippen molar-refractivity contribution in [3.05, 3.63) is 0 Å². The third-order valence-corrected chi connectivity index (χ3v) is 3.89. The first-order valence-electron chi connectivity index (χ1n) is 6.47. The van der Waals surface area contributed by atoms with E-state index in [-0.39, 0.29) is 17.5 Å². The predicted molar refractivity (Wildman–Crippen MR) is 72.8 cm³/mol. The lowest BCUT2D eigenvalue weighted by Gasteiger charge is -2.37. The molecule has 4 heteroatoms. The lowest BCUT2D eigenvalue weighted by atomic mass is 9.97. The van der Waals surface area contributed by atoms with Crippen LogP contribution in [0.15, 0.2) is 0 Å². The van der Waals surface area contributed by atoms with E-state index in [2.05, 4.69) is 33.0 Å². The summed E-state index contributed by atoms with van der Waals surface area (Å²) in [6, 6.07) is 0.210. The maximum absolute atomic E-state index is 11.9. The Morgan fingerprint density at radius 3 is 2.29 bits per heavy atom. The van der Waals surface area contributed by atoms with Crippen molar-refractivity contribution in [3.8, 4) is 0 Å². The van der Waals surface area contributed by atoms with Gasteiger partial charge in [0.1, 0.15) is 0 Å². The molecule has 3 N–H and O–H groups in total. The molecular formula is C13H29N3O. The molecule has 0 aliphatic carbocycles. The molecule has 0 heterocycles. The van der Waals surface area contributed by atoms with Crippen LogP contribution >= 0.6 is 0 Å². The quantitative estimate of drug-likeness (QED) is 0.706. The molecule has 102 valence electrons. The van der Waals surface area contributed by atoms with E-state index in [0.717, 1.165) is 6.42 Å². The van der Waals surface area contributed by atoms with Crippen molar-refractivity contribution in [2.45, 2.75) is 52.6 Å². The van der Waals surface area contributed by atoms with Gasteiger partial charge in [-0.2, -0.15) is 0 Å². The number of hydrogen-bond donors (Lipinski definition) is 2. The van der Waals surface area contributed by atoms with Crippen LogP contribution in [-0.2, 0) is 4.79 Å². The SMILES string of the molecule is CCC(C)(CN)N(C)CC(=O)NC(C)C(C)C. The third-order valence-electron chi connectivity index (χ3n) is 3.89. The minimum Gasteiger partial charge on any atom is -0.352 e. The molecular weight excluding hydrogens is 214 g/mol. The summed E-state index contributed by atoms with van der Waals surface area (Å²) in [5.41, 5.74) is 5.67. The Bertz CT molecular complexity index is 237. The Hall–Kier alpha value is -0.610. The summed E-state index contributed by atoms with van der Waals surface area (Å²) in [5, 5.41) is 3.01. The van der Waals surface area contributed by atoms with Gasteiger partial charge in [0.15, 0.2) is 0 Å². The summed E-state index contributed by atoms with van der Waals surface area (Å²) in [4.78, 5) is 13.9. The molecule has 2 atom stereocenters. The molecule has 0 rings (SSSR count). The normalized spacial score (nSPS) is 17.0. The van der Waals surface area contributed by atoms with E-state index in [1.807, 2.05) is 18.9 Å². The zero-order chi connectivity index (χ0) is 13.6. The highest BCUT2D eigenvalue weighted by Crippen LogP contribution is 2.15. The van der Waals surface area contributed by atoms with Crippen LogP contribution in [-0.4, -0.2) is 42.5 Å². The first kappa shape index (κ1) is 16.4. The Morgan fingerprint density at radius 2 is 1.94 bits per heavy atom. The van der Waals surface area contributed by atoms with Crippen LogP contribution in [0.25, 0.3) is 0 Å². The molecule has 0 bridgehead atoms. The van der Waals surface area contributed by atoms with E-state index < -0.39 is 0 Å². The Balaban J connectivity index is 4.29. The van der Waals surface area contributed by atoms with Crippen molar-refractivity contribution < 1.29 is 4.79 Å². The number of nitrogens with two attached hydrogens (primary N) is 1. The fourth-order valence-corrected chi connectivity index (χ4v) is 1.44. The minimum absolute atomic E-state index is 0.0711. The molecule has 2 unspecified atom stereocenters.